The third kappa shape index (κ3) is 3.33. The number of aryl methyl sites for hydroxylation is 2. The normalized spacial score (nSPS) is 23.0. The number of ether oxygens (including phenoxy) is 1. The topological polar surface area (TPSA) is 21.3 Å². The molecule has 18 heavy (non-hydrogen) atoms. The van der Waals surface area contributed by atoms with Crippen LogP contribution in [0.5, 0.6) is 0 Å². The Morgan fingerprint density at radius 3 is 2.39 bits per heavy atom. The van der Waals surface area contributed by atoms with Crippen molar-refractivity contribution in [3.8, 4) is 0 Å². The molecule has 1 aliphatic heterocycles. The molecule has 1 aromatic rings. The second-order valence-electron chi connectivity index (χ2n) is 5.72. The first-order valence-electron chi connectivity index (χ1n) is 6.98. The van der Waals surface area contributed by atoms with Gasteiger partial charge in [0, 0.05) is 18.7 Å². The lowest BCUT2D eigenvalue weighted by Gasteiger charge is -2.24. The molecule has 3 atom stereocenters. The highest BCUT2D eigenvalue weighted by atomic mass is 16.5. The molecule has 0 aromatic heterocycles. The molecule has 0 aliphatic carbocycles. The molecule has 1 saturated heterocycles. The molecule has 0 spiro atoms. The second kappa shape index (κ2) is 5.85. The molecule has 1 aromatic carbocycles. The summed E-state index contributed by atoms with van der Waals surface area (Å²) in [4.78, 5) is 0. The smallest absolute Gasteiger partial charge is 0.0509 e. The average molecular weight is 247 g/mol. The third-order valence-electron chi connectivity index (χ3n) is 3.93. The molecule has 3 unspecified atom stereocenters. The lowest BCUT2D eigenvalue weighted by Crippen LogP contribution is -2.35. The van der Waals surface area contributed by atoms with Gasteiger partial charge in [-0.15, -0.1) is 0 Å². The Morgan fingerprint density at radius 1 is 1.17 bits per heavy atom. The zero-order valence-electron chi connectivity index (χ0n) is 12.0. The molecule has 1 aliphatic rings. The standard InChI is InChI=1S/C16H25NO/c1-11-7-12(2)9-16(8-11)14(4)17-13(3)15-5-6-18-10-15/h7-9,13-15,17H,5-6,10H2,1-4H3. The Morgan fingerprint density at radius 2 is 1.83 bits per heavy atom. The molecule has 2 heteroatoms. The zero-order chi connectivity index (χ0) is 13.1. The zero-order valence-corrected chi connectivity index (χ0v) is 12.0. The van der Waals surface area contributed by atoms with Crippen molar-refractivity contribution in [2.24, 2.45) is 5.92 Å². The van der Waals surface area contributed by atoms with Crippen molar-refractivity contribution in [1.29, 1.82) is 0 Å². The minimum atomic E-state index is 0.402. The fourth-order valence-corrected chi connectivity index (χ4v) is 2.83. The van der Waals surface area contributed by atoms with E-state index in [4.69, 9.17) is 4.74 Å². The van der Waals surface area contributed by atoms with Crippen molar-refractivity contribution >= 4 is 0 Å². The van der Waals surface area contributed by atoms with E-state index >= 15 is 0 Å². The second-order valence-corrected chi connectivity index (χ2v) is 5.72. The number of benzene rings is 1. The van der Waals surface area contributed by atoms with Crippen LogP contribution < -0.4 is 5.32 Å². The van der Waals surface area contributed by atoms with Crippen LogP contribution in [0.4, 0.5) is 0 Å². The molecule has 1 fully saturated rings. The summed E-state index contributed by atoms with van der Waals surface area (Å²) in [5.74, 6) is 0.665. The summed E-state index contributed by atoms with van der Waals surface area (Å²) in [6.45, 7) is 10.7. The van der Waals surface area contributed by atoms with Crippen LogP contribution in [0.1, 0.15) is 43.0 Å². The minimum Gasteiger partial charge on any atom is -0.381 e. The van der Waals surface area contributed by atoms with Crippen molar-refractivity contribution in [3.05, 3.63) is 34.9 Å². The summed E-state index contributed by atoms with van der Waals surface area (Å²) in [6.07, 6.45) is 1.19. The van der Waals surface area contributed by atoms with E-state index in [0.717, 1.165) is 13.2 Å². The van der Waals surface area contributed by atoms with E-state index in [1.165, 1.54) is 23.1 Å². The van der Waals surface area contributed by atoms with Gasteiger partial charge in [-0.25, -0.2) is 0 Å². The Hall–Kier alpha value is -0.860. The number of rotatable bonds is 4. The maximum Gasteiger partial charge on any atom is 0.0509 e. The van der Waals surface area contributed by atoms with Gasteiger partial charge < -0.3 is 10.1 Å². The van der Waals surface area contributed by atoms with Gasteiger partial charge in [0.1, 0.15) is 0 Å². The molecule has 0 saturated carbocycles. The van der Waals surface area contributed by atoms with E-state index in [9.17, 15) is 0 Å². The van der Waals surface area contributed by atoms with Crippen molar-refractivity contribution in [3.63, 3.8) is 0 Å². The van der Waals surface area contributed by atoms with E-state index in [1.807, 2.05) is 0 Å². The molecular weight excluding hydrogens is 222 g/mol. The molecule has 1 heterocycles. The van der Waals surface area contributed by atoms with Crippen molar-refractivity contribution in [1.82, 2.24) is 5.32 Å². The van der Waals surface area contributed by atoms with Crippen LogP contribution in [-0.2, 0) is 4.74 Å². The van der Waals surface area contributed by atoms with Crippen LogP contribution in [0.15, 0.2) is 18.2 Å². The highest BCUT2D eigenvalue weighted by molar-refractivity contribution is 5.30. The van der Waals surface area contributed by atoms with Crippen LogP contribution in [-0.4, -0.2) is 19.3 Å². The summed E-state index contributed by atoms with van der Waals surface area (Å²) >= 11 is 0. The summed E-state index contributed by atoms with van der Waals surface area (Å²) in [7, 11) is 0. The van der Waals surface area contributed by atoms with Gasteiger partial charge in [-0.1, -0.05) is 29.3 Å². The Bertz CT molecular complexity index is 376. The van der Waals surface area contributed by atoms with Gasteiger partial charge in [-0.05, 0) is 45.6 Å². The highest BCUT2D eigenvalue weighted by Crippen LogP contribution is 2.21. The summed E-state index contributed by atoms with van der Waals surface area (Å²) in [6, 6.07) is 7.71. The van der Waals surface area contributed by atoms with E-state index in [2.05, 4.69) is 51.2 Å². The maximum absolute atomic E-state index is 5.46. The summed E-state index contributed by atoms with van der Waals surface area (Å²) < 4.78 is 5.46. The fourth-order valence-electron chi connectivity index (χ4n) is 2.83. The molecule has 1 N–H and O–H groups in total. The number of hydrogen-bond acceptors (Lipinski definition) is 2. The van der Waals surface area contributed by atoms with Crippen LogP contribution in [0.25, 0.3) is 0 Å². The quantitative estimate of drug-likeness (QED) is 0.880. The Balaban J connectivity index is 1.99. The van der Waals surface area contributed by atoms with E-state index in [1.54, 1.807) is 0 Å². The average Bonchev–Trinajstić information content (AvgIpc) is 2.80. The third-order valence-corrected chi connectivity index (χ3v) is 3.93. The largest absolute Gasteiger partial charge is 0.381 e. The van der Waals surface area contributed by atoms with E-state index in [-0.39, 0.29) is 0 Å². The molecular formula is C16H25NO. The van der Waals surface area contributed by atoms with Gasteiger partial charge in [-0.2, -0.15) is 0 Å². The van der Waals surface area contributed by atoms with E-state index < -0.39 is 0 Å². The summed E-state index contributed by atoms with van der Waals surface area (Å²) in [5.41, 5.74) is 4.07. The predicted octanol–water partition coefficient (Wildman–Crippen LogP) is 3.38. The van der Waals surface area contributed by atoms with Crippen LogP contribution in [0.2, 0.25) is 0 Å². The first kappa shape index (κ1) is 13.6. The van der Waals surface area contributed by atoms with Crippen LogP contribution in [0, 0.1) is 19.8 Å². The first-order chi connectivity index (χ1) is 8.56. The predicted molar refractivity (Wildman–Crippen MR) is 75.9 cm³/mol. The van der Waals surface area contributed by atoms with Crippen molar-refractivity contribution in [2.75, 3.05) is 13.2 Å². The van der Waals surface area contributed by atoms with Gasteiger partial charge in [0.25, 0.3) is 0 Å². The van der Waals surface area contributed by atoms with E-state index in [0.29, 0.717) is 18.0 Å². The maximum atomic E-state index is 5.46. The van der Waals surface area contributed by atoms with Gasteiger partial charge >= 0.3 is 0 Å². The fraction of sp³-hybridized carbons (Fsp3) is 0.625. The van der Waals surface area contributed by atoms with Gasteiger partial charge in [0.05, 0.1) is 6.61 Å². The Labute approximate surface area is 111 Å². The molecule has 0 bridgehead atoms. The summed E-state index contributed by atoms with van der Waals surface area (Å²) in [5, 5.41) is 3.71. The molecule has 0 radical (unpaired) electrons. The van der Waals surface area contributed by atoms with Crippen LogP contribution >= 0.6 is 0 Å². The van der Waals surface area contributed by atoms with Gasteiger partial charge in [-0.3, -0.25) is 0 Å². The monoisotopic (exact) mass is 247 g/mol. The Kier molecular flexibility index (Phi) is 4.41. The van der Waals surface area contributed by atoms with Crippen LogP contribution in [0.3, 0.4) is 0 Å². The lowest BCUT2D eigenvalue weighted by atomic mass is 9.97. The number of nitrogens with one attached hydrogen (secondary N) is 1. The molecule has 2 nitrogen and oxygen atoms in total. The minimum absolute atomic E-state index is 0.402. The molecule has 100 valence electrons. The molecule has 2 rings (SSSR count). The lowest BCUT2D eigenvalue weighted by molar-refractivity contribution is 0.177. The van der Waals surface area contributed by atoms with Gasteiger partial charge in [0.2, 0.25) is 0 Å². The molecule has 0 amide bonds. The first-order valence-corrected chi connectivity index (χ1v) is 6.98. The van der Waals surface area contributed by atoms with Crippen molar-refractivity contribution < 1.29 is 4.74 Å². The highest BCUT2D eigenvalue weighted by Gasteiger charge is 2.23. The number of hydrogen-bond donors (Lipinski definition) is 1. The van der Waals surface area contributed by atoms with Crippen molar-refractivity contribution in [2.45, 2.75) is 46.2 Å². The SMILES string of the molecule is Cc1cc(C)cc(C(C)NC(C)C2CCOC2)c1. The van der Waals surface area contributed by atoms with Gasteiger partial charge in [0.15, 0.2) is 0 Å².